The fourth-order valence-corrected chi connectivity index (χ4v) is 6.87. The highest BCUT2D eigenvalue weighted by Crippen LogP contribution is 2.26. The Bertz CT molecular complexity index is 1430. The average molecular weight is 614 g/mol. The number of hydrogen-bond acceptors (Lipinski definition) is 7. The molecule has 1 amide bonds. The molecule has 0 radical (unpaired) electrons. The second-order valence-corrected chi connectivity index (χ2v) is 12.9. The Morgan fingerprint density at radius 2 is 1.51 bits per heavy atom. The number of nitrogens with one attached hydrogen (secondary N) is 4. The first-order valence-electron chi connectivity index (χ1n) is 16.6. The number of rotatable bonds is 10. The van der Waals surface area contributed by atoms with Crippen molar-refractivity contribution < 1.29 is 9.18 Å². The molecule has 2 atom stereocenters. The smallest absolute Gasteiger partial charge is 0.251 e. The zero-order valence-corrected chi connectivity index (χ0v) is 26.5. The molecule has 9 heteroatoms. The zero-order chi connectivity index (χ0) is 31.0. The first-order chi connectivity index (χ1) is 22.0. The third-order valence-electron chi connectivity index (χ3n) is 9.20. The highest BCUT2D eigenvalue weighted by Gasteiger charge is 2.23. The van der Waals surface area contributed by atoms with E-state index in [0.29, 0.717) is 29.8 Å². The average Bonchev–Trinajstić information content (AvgIpc) is 3.05. The van der Waals surface area contributed by atoms with E-state index in [1.165, 1.54) is 11.6 Å². The van der Waals surface area contributed by atoms with Gasteiger partial charge in [-0.15, -0.1) is 0 Å². The van der Waals surface area contributed by atoms with Crippen molar-refractivity contribution in [2.75, 3.05) is 72.0 Å². The van der Waals surface area contributed by atoms with Crippen LogP contribution in [0.1, 0.15) is 34.0 Å². The maximum Gasteiger partial charge on any atom is 0.251 e. The van der Waals surface area contributed by atoms with E-state index in [0.717, 1.165) is 102 Å². The van der Waals surface area contributed by atoms with Gasteiger partial charge < -0.3 is 21.3 Å². The van der Waals surface area contributed by atoms with Gasteiger partial charge in [0.1, 0.15) is 5.82 Å². The summed E-state index contributed by atoms with van der Waals surface area (Å²) in [7, 11) is 0. The van der Waals surface area contributed by atoms with Crippen molar-refractivity contribution in [3.05, 3.63) is 94.8 Å². The zero-order valence-electron chi connectivity index (χ0n) is 26.5. The van der Waals surface area contributed by atoms with Gasteiger partial charge in [-0.05, 0) is 59.5 Å². The molecule has 240 valence electrons. The monoisotopic (exact) mass is 613 g/mol. The molecule has 8 nitrogen and oxygen atoms in total. The number of benzene rings is 3. The highest BCUT2D eigenvalue weighted by molar-refractivity contribution is 5.94. The summed E-state index contributed by atoms with van der Waals surface area (Å²) in [6.45, 7) is 15.6. The molecule has 1 unspecified atom stereocenters. The van der Waals surface area contributed by atoms with Gasteiger partial charge in [0.2, 0.25) is 0 Å². The third kappa shape index (κ3) is 8.97. The van der Waals surface area contributed by atoms with E-state index in [4.69, 9.17) is 0 Å². The molecule has 3 aromatic carbocycles. The van der Waals surface area contributed by atoms with Crippen molar-refractivity contribution >= 4 is 5.91 Å². The maximum atomic E-state index is 15.0. The van der Waals surface area contributed by atoms with Crippen molar-refractivity contribution in [3.63, 3.8) is 0 Å². The molecule has 0 bridgehead atoms. The fraction of sp³-hybridized carbons (Fsp3) is 0.472. The van der Waals surface area contributed by atoms with Crippen LogP contribution in [-0.4, -0.2) is 105 Å². The Labute approximate surface area is 267 Å². The molecule has 0 spiro atoms. The van der Waals surface area contributed by atoms with Crippen LogP contribution in [0, 0.1) is 5.82 Å². The van der Waals surface area contributed by atoms with Gasteiger partial charge in [0.05, 0.1) is 0 Å². The molecule has 3 saturated heterocycles. The predicted octanol–water partition coefficient (Wildman–Crippen LogP) is 2.90. The van der Waals surface area contributed by atoms with E-state index in [-0.39, 0.29) is 11.7 Å². The molecule has 4 N–H and O–H groups in total. The summed E-state index contributed by atoms with van der Waals surface area (Å²) in [4.78, 5) is 20.6. The van der Waals surface area contributed by atoms with Crippen molar-refractivity contribution in [3.8, 4) is 11.1 Å². The highest BCUT2D eigenvalue weighted by atomic mass is 19.1. The Kier molecular flexibility index (Phi) is 10.9. The molecule has 0 aliphatic carbocycles. The van der Waals surface area contributed by atoms with Gasteiger partial charge in [-0.3, -0.25) is 19.5 Å². The van der Waals surface area contributed by atoms with Crippen LogP contribution >= 0.6 is 0 Å². The molecule has 3 aliphatic heterocycles. The van der Waals surface area contributed by atoms with Crippen LogP contribution < -0.4 is 21.3 Å². The minimum Gasteiger partial charge on any atom is -0.348 e. The largest absolute Gasteiger partial charge is 0.348 e. The second kappa shape index (κ2) is 15.4. The molecule has 6 rings (SSSR count). The van der Waals surface area contributed by atoms with Gasteiger partial charge in [0.15, 0.2) is 0 Å². The van der Waals surface area contributed by atoms with Crippen LogP contribution in [0.5, 0.6) is 0 Å². The van der Waals surface area contributed by atoms with E-state index in [2.05, 4.69) is 61.1 Å². The van der Waals surface area contributed by atoms with Crippen LogP contribution in [0.2, 0.25) is 0 Å². The number of halogens is 1. The normalized spacial score (nSPS) is 21.9. The molecule has 0 saturated carbocycles. The molecular weight excluding hydrogens is 565 g/mol. The summed E-state index contributed by atoms with van der Waals surface area (Å²) in [5, 5.41) is 13.7. The van der Waals surface area contributed by atoms with E-state index in [1.54, 1.807) is 6.07 Å². The summed E-state index contributed by atoms with van der Waals surface area (Å²) < 4.78 is 15.0. The molecule has 3 heterocycles. The van der Waals surface area contributed by atoms with Crippen molar-refractivity contribution in [1.82, 2.24) is 36.0 Å². The second-order valence-electron chi connectivity index (χ2n) is 12.9. The summed E-state index contributed by atoms with van der Waals surface area (Å²) in [5.74, 6) is -0.374. The summed E-state index contributed by atoms with van der Waals surface area (Å²) in [6, 6.07) is 22.2. The summed E-state index contributed by atoms with van der Waals surface area (Å²) >= 11 is 0. The van der Waals surface area contributed by atoms with Crippen molar-refractivity contribution in [2.24, 2.45) is 0 Å². The minimum absolute atomic E-state index is 0.119. The van der Waals surface area contributed by atoms with Crippen molar-refractivity contribution in [2.45, 2.75) is 38.6 Å². The van der Waals surface area contributed by atoms with Crippen LogP contribution in [0.3, 0.4) is 0 Å². The van der Waals surface area contributed by atoms with Gasteiger partial charge in [0.25, 0.3) is 5.91 Å². The number of carbonyl (C=O) groups excluding carboxylic acids is 1. The molecule has 3 fully saturated rings. The number of hydrogen-bond donors (Lipinski definition) is 4. The first-order valence-corrected chi connectivity index (χ1v) is 16.6. The van der Waals surface area contributed by atoms with Gasteiger partial charge in [-0.25, -0.2) is 4.39 Å². The molecule has 0 aromatic heterocycles. The Hall–Kier alpha value is -3.18. The van der Waals surface area contributed by atoms with Gasteiger partial charge in [-0.2, -0.15) is 0 Å². The van der Waals surface area contributed by atoms with Crippen LogP contribution in [0.4, 0.5) is 4.39 Å². The van der Waals surface area contributed by atoms with Crippen molar-refractivity contribution in [1.29, 1.82) is 0 Å². The topological polar surface area (TPSA) is 74.9 Å². The fourth-order valence-electron chi connectivity index (χ4n) is 6.87. The molecule has 3 aromatic rings. The quantitative estimate of drug-likeness (QED) is 0.280. The third-order valence-corrected chi connectivity index (χ3v) is 9.20. The standard InChI is InChI=1S/C36H48FN7O/c1-27-22-43(16-12-39-27)23-29-4-2-6-31(18-29)34-20-28(8-9-35(34)37)21-41-36(45)32-7-3-5-30(19-32)24-44-17-13-40-33(26-44)25-42-14-10-38-11-15-42/h2-9,18-20,27,33,38-40H,10-17,21-26H2,1H3,(H,41,45)/t27-,33?/m0/s1. The van der Waals surface area contributed by atoms with E-state index in [9.17, 15) is 4.79 Å². The lowest BCUT2D eigenvalue weighted by Gasteiger charge is -2.37. The number of piperazine rings is 3. The van der Waals surface area contributed by atoms with E-state index >= 15 is 4.39 Å². The number of amides is 1. The lowest BCUT2D eigenvalue weighted by Crippen LogP contribution is -2.56. The molecule has 3 aliphatic rings. The Morgan fingerprint density at radius 1 is 0.800 bits per heavy atom. The summed E-state index contributed by atoms with van der Waals surface area (Å²) in [5.41, 5.74) is 5.26. The summed E-state index contributed by atoms with van der Waals surface area (Å²) in [6.07, 6.45) is 0. The van der Waals surface area contributed by atoms with Crippen LogP contribution in [0.15, 0.2) is 66.7 Å². The van der Waals surface area contributed by atoms with E-state index < -0.39 is 0 Å². The molecule has 45 heavy (non-hydrogen) atoms. The minimum atomic E-state index is -0.256. The first kappa shape index (κ1) is 31.8. The number of carbonyl (C=O) groups is 1. The SMILES string of the molecule is C[C@H]1CN(Cc2cccc(-c3cc(CNC(=O)c4cccc(CN5CCNC(CN6CCNCC6)C5)c4)ccc3F)c2)CCN1. The van der Waals surface area contributed by atoms with Gasteiger partial charge >= 0.3 is 0 Å². The van der Waals surface area contributed by atoms with Gasteiger partial charge in [0, 0.05) is 115 Å². The Balaban J connectivity index is 1.04. The van der Waals surface area contributed by atoms with Crippen LogP contribution in [0.25, 0.3) is 11.1 Å². The predicted molar refractivity (Wildman–Crippen MR) is 179 cm³/mol. The lowest BCUT2D eigenvalue weighted by atomic mass is 10.00. The van der Waals surface area contributed by atoms with Crippen LogP contribution in [-0.2, 0) is 19.6 Å². The Morgan fingerprint density at radius 3 is 2.31 bits per heavy atom. The molecular formula is C36H48FN7O. The number of nitrogens with zero attached hydrogens (tertiary/aromatic N) is 3. The lowest BCUT2D eigenvalue weighted by molar-refractivity contribution is 0.0950. The van der Waals surface area contributed by atoms with E-state index in [1.807, 2.05) is 36.4 Å². The maximum absolute atomic E-state index is 15.0. The van der Waals surface area contributed by atoms with Gasteiger partial charge in [-0.1, -0.05) is 36.4 Å².